The van der Waals surface area contributed by atoms with Crippen molar-refractivity contribution in [1.29, 1.82) is 0 Å². The number of ether oxygens (including phenoxy) is 3. The zero-order chi connectivity index (χ0) is 23.4. The van der Waals surface area contributed by atoms with Crippen molar-refractivity contribution in [3.8, 4) is 27.8 Å². The molecule has 8 heteroatoms. The zero-order valence-corrected chi connectivity index (χ0v) is 21.0. The van der Waals surface area contributed by atoms with E-state index in [1.54, 1.807) is 21.3 Å². The Morgan fingerprint density at radius 3 is 2.21 bits per heavy atom. The topological polar surface area (TPSA) is 64.1 Å². The Morgan fingerprint density at radius 2 is 1.61 bits per heavy atom. The standard InChI is InChI=1S/C25H35N3O4S/c1-17-23(25(29)28-15-11-18(12-16-28)27-13-7-5-6-8-14-27)33-24(26-17)19-9-10-20(30-2)22(32-4)21(19)31-3/h9-10,18H,5-8,11-16H2,1-4H3. The molecule has 1 aromatic carbocycles. The van der Waals surface area contributed by atoms with E-state index in [2.05, 4.69) is 4.90 Å². The van der Waals surface area contributed by atoms with E-state index in [-0.39, 0.29) is 5.91 Å². The van der Waals surface area contributed by atoms with Crippen LogP contribution in [0, 0.1) is 6.92 Å². The van der Waals surface area contributed by atoms with Gasteiger partial charge in [0, 0.05) is 19.1 Å². The van der Waals surface area contributed by atoms with Crippen LogP contribution in [0.1, 0.15) is 53.9 Å². The smallest absolute Gasteiger partial charge is 0.265 e. The van der Waals surface area contributed by atoms with E-state index >= 15 is 0 Å². The van der Waals surface area contributed by atoms with Crippen molar-refractivity contribution in [2.24, 2.45) is 0 Å². The second-order valence-electron chi connectivity index (χ2n) is 8.79. The number of likely N-dealkylation sites (tertiary alicyclic amines) is 2. The molecule has 0 N–H and O–H groups in total. The number of amides is 1. The number of hydrogen-bond donors (Lipinski definition) is 0. The lowest BCUT2D eigenvalue weighted by Crippen LogP contribution is -2.47. The number of aryl methyl sites for hydroxylation is 1. The summed E-state index contributed by atoms with van der Waals surface area (Å²) in [6.07, 6.45) is 7.43. The van der Waals surface area contributed by atoms with Crippen LogP contribution in [0.2, 0.25) is 0 Å². The highest BCUT2D eigenvalue weighted by molar-refractivity contribution is 7.17. The number of hydrogen-bond acceptors (Lipinski definition) is 7. The molecule has 2 saturated heterocycles. The van der Waals surface area contributed by atoms with Crippen molar-refractivity contribution in [2.75, 3.05) is 47.5 Å². The fourth-order valence-electron chi connectivity index (χ4n) is 5.02. The van der Waals surface area contributed by atoms with Crippen molar-refractivity contribution in [1.82, 2.24) is 14.8 Å². The molecule has 1 aromatic heterocycles. The second kappa shape index (κ2) is 10.7. The first-order chi connectivity index (χ1) is 16.1. The van der Waals surface area contributed by atoms with Gasteiger partial charge >= 0.3 is 0 Å². The van der Waals surface area contributed by atoms with Gasteiger partial charge in [0.15, 0.2) is 11.5 Å². The quantitative estimate of drug-likeness (QED) is 0.610. The molecular formula is C25H35N3O4S. The number of benzene rings is 1. The van der Waals surface area contributed by atoms with Crippen molar-refractivity contribution in [3.63, 3.8) is 0 Å². The van der Waals surface area contributed by atoms with E-state index < -0.39 is 0 Å². The fraction of sp³-hybridized carbons (Fsp3) is 0.600. The minimum atomic E-state index is 0.0880. The van der Waals surface area contributed by atoms with Crippen LogP contribution in [-0.4, -0.2) is 74.2 Å². The Morgan fingerprint density at radius 1 is 0.939 bits per heavy atom. The van der Waals surface area contributed by atoms with Gasteiger partial charge in [-0.1, -0.05) is 12.8 Å². The van der Waals surface area contributed by atoms with E-state index in [9.17, 15) is 4.79 Å². The van der Waals surface area contributed by atoms with Gasteiger partial charge in [0.1, 0.15) is 9.88 Å². The number of carbonyl (C=O) groups is 1. The van der Waals surface area contributed by atoms with Crippen molar-refractivity contribution >= 4 is 17.2 Å². The molecular weight excluding hydrogens is 438 g/mol. The fourth-order valence-corrected chi connectivity index (χ4v) is 6.07. The molecule has 0 atom stereocenters. The summed E-state index contributed by atoms with van der Waals surface area (Å²) in [6, 6.07) is 4.35. The molecule has 180 valence electrons. The Hall–Kier alpha value is -2.32. The van der Waals surface area contributed by atoms with Crippen molar-refractivity contribution < 1.29 is 19.0 Å². The third-order valence-corrected chi connectivity index (χ3v) is 8.01. The number of rotatable bonds is 6. The van der Waals surface area contributed by atoms with E-state index in [4.69, 9.17) is 19.2 Å². The van der Waals surface area contributed by atoms with Gasteiger partial charge in [-0.3, -0.25) is 4.79 Å². The maximum atomic E-state index is 13.4. The first-order valence-corrected chi connectivity index (χ1v) is 12.7. The molecule has 0 bridgehead atoms. The summed E-state index contributed by atoms with van der Waals surface area (Å²) in [4.78, 5) is 23.5. The monoisotopic (exact) mass is 473 g/mol. The molecule has 0 aliphatic carbocycles. The zero-order valence-electron chi connectivity index (χ0n) is 20.2. The number of carbonyl (C=O) groups excluding carboxylic acids is 1. The van der Waals surface area contributed by atoms with Crippen LogP contribution in [0.4, 0.5) is 0 Å². The van der Waals surface area contributed by atoms with Crippen LogP contribution < -0.4 is 14.2 Å². The summed E-state index contributed by atoms with van der Waals surface area (Å²) in [6.45, 7) is 5.95. The van der Waals surface area contributed by atoms with E-state index in [1.165, 1.54) is 50.1 Å². The summed E-state index contributed by atoms with van der Waals surface area (Å²) < 4.78 is 16.5. The normalized spacial score (nSPS) is 18.1. The molecule has 1 amide bonds. The van der Waals surface area contributed by atoms with Gasteiger partial charge in [0.05, 0.1) is 32.6 Å². The number of methoxy groups -OCH3 is 3. The van der Waals surface area contributed by atoms with E-state index in [0.717, 1.165) is 42.2 Å². The van der Waals surface area contributed by atoms with Crippen molar-refractivity contribution in [3.05, 3.63) is 22.7 Å². The molecule has 2 aliphatic heterocycles. The molecule has 3 heterocycles. The molecule has 7 nitrogen and oxygen atoms in total. The minimum absolute atomic E-state index is 0.0880. The van der Waals surface area contributed by atoms with Crippen LogP contribution in [0.3, 0.4) is 0 Å². The highest BCUT2D eigenvalue weighted by Gasteiger charge is 2.30. The van der Waals surface area contributed by atoms with Gasteiger partial charge < -0.3 is 24.0 Å². The number of nitrogens with zero attached hydrogens (tertiary/aromatic N) is 3. The van der Waals surface area contributed by atoms with Gasteiger partial charge in [-0.05, 0) is 57.8 Å². The molecule has 2 aliphatic rings. The van der Waals surface area contributed by atoms with Gasteiger partial charge in [0.25, 0.3) is 5.91 Å². The predicted octanol–water partition coefficient (Wildman–Crippen LogP) is 4.62. The predicted molar refractivity (Wildman–Crippen MR) is 131 cm³/mol. The summed E-state index contributed by atoms with van der Waals surface area (Å²) in [5.74, 6) is 1.76. The lowest BCUT2D eigenvalue weighted by Gasteiger charge is -2.38. The third-order valence-electron chi connectivity index (χ3n) is 6.83. The van der Waals surface area contributed by atoms with E-state index in [0.29, 0.717) is 28.2 Å². The first-order valence-electron chi connectivity index (χ1n) is 11.9. The van der Waals surface area contributed by atoms with Crippen LogP contribution in [-0.2, 0) is 0 Å². The number of aromatic nitrogens is 1. The molecule has 0 unspecified atom stereocenters. The SMILES string of the molecule is COc1ccc(-c2nc(C)c(C(=O)N3CCC(N4CCCCCC4)CC3)s2)c(OC)c1OC. The lowest BCUT2D eigenvalue weighted by molar-refractivity contribution is 0.0626. The minimum Gasteiger partial charge on any atom is -0.493 e. The molecule has 2 aromatic rings. The largest absolute Gasteiger partial charge is 0.493 e. The van der Waals surface area contributed by atoms with Gasteiger partial charge in [-0.2, -0.15) is 0 Å². The number of piperidine rings is 1. The van der Waals surface area contributed by atoms with Crippen LogP contribution in [0.25, 0.3) is 10.6 Å². The Kier molecular flexibility index (Phi) is 7.75. The number of thiazole rings is 1. The molecule has 0 radical (unpaired) electrons. The van der Waals surface area contributed by atoms with Crippen LogP contribution in [0.5, 0.6) is 17.2 Å². The van der Waals surface area contributed by atoms with Crippen molar-refractivity contribution in [2.45, 2.75) is 51.5 Å². The van der Waals surface area contributed by atoms with Gasteiger partial charge in [0.2, 0.25) is 5.75 Å². The van der Waals surface area contributed by atoms with Gasteiger partial charge in [-0.15, -0.1) is 11.3 Å². The summed E-state index contributed by atoms with van der Waals surface area (Å²) >= 11 is 1.42. The third kappa shape index (κ3) is 4.96. The average molecular weight is 474 g/mol. The molecule has 33 heavy (non-hydrogen) atoms. The van der Waals surface area contributed by atoms with Crippen LogP contribution in [0.15, 0.2) is 12.1 Å². The second-order valence-corrected chi connectivity index (χ2v) is 9.79. The molecule has 0 spiro atoms. The summed E-state index contributed by atoms with van der Waals surface area (Å²) in [5, 5.41) is 0.744. The van der Waals surface area contributed by atoms with Gasteiger partial charge in [-0.25, -0.2) is 4.98 Å². The molecule has 2 fully saturated rings. The van der Waals surface area contributed by atoms with Crippen LogP contribution >= 0.6 is 11.3 Å². The molecule has 0 saturated carbocycles. The maximum absolute atomic E-state index is 13.4. The Balaban J connectivity index is 1.49. The Bertz CT molecular complexity index is 961. The summed E-state index contributed by atoms with van der Waals surface area (Å²) in [7, 11) is 4.78. The first kappa shape index (κ1) is 23.8. The maximum Gasteiger partial charge on any atom is 0.265 e. The Labute approximate surface area is 200 Å². The average Bonchev–Trinajstić information content (AvgIpc) is 3.05. The van der Waals surface area contributed by atoms with E-state index in [1.807, 2.05) is 24.0 Å². The summed E-state index contributed by atoms with van der Waals surface area (Å²) in [5.41, 5.74) is 1.55. The highest BCUT2D eigenvalue weighted by atomic mass is 32.1. The molecule has 4 rings (SSSR count). The lowest BCUT2D eigenvalue weighted by atomic mass is 10.0. The highest BCUT2D eigenvalue weighted by Crippen LogP contribution is 2.45.